The molecule has 3 nitrogen and oxygen atoms in total. The Morgan fingerprint density at radius 2 is 2.13 bits per heavy atom. The topological polar surface area (TPSA) is 38.0 Å². The number of halogens is 3. The molecule has 0 radical (unpaired) electrons. The number of aliphatic hydroxyl groups is 1. The molecule has 6 heteroatoms. The fraction of sp³-hybridized carbons (Fsp3) is 0.667. The number of alkyl halides is 3. The van der Waals surface area contributed by atoms with E-state index >= 15 is 0 Å². The predicted octanol–water partition coefficient (Wildman–Crippen LogP) is 1.59. The zero-order chi connectivity index (χ0) is 11.0. The monoisotopic (exact) mass is 218 g/mol. The first kappa shape index (κ1) is 9.21. The molecule has 0 aromatic carbocycles. The van der Waals surface area contributed by atoms with Crippen molar-refractivity contribution >= 4 is 0 Å². The Bertz CT molecular complexity index is 437. The lowest BCUT2D eigenvalue weighted by Gasteiger charge is -2.06. The van der Waals surface area contributed by atoms with E-state index in [0.717, 1.165) is 4.68 Å². The predicted molar refractivity (Wildman–Crippen MR) is 44.0 cm³/mol. The normalized spacial score (nSPS) is 32.7. The molecular formula is C9H9F3N2O. The second kappa shape index (κ2) is 2.37. The van der Waals surface area contributed by atoms with E-state index in [2.05, 4.69) is 5.10 Å². The van der Waals surface area contributed by atoms with Gasteiger partial charge in [0.05, 0.1) is 11.8 Å². The Kier molecular flexibility index (Phi) is 1.46. The average Bonchev–Trinajstić information content (AvgIpc) is 2.73. The van der Waals surface area contributed by atoms with Crippen molar-refractivity contribution in [2.24, 2.45) is 13.0 Å². The molecule has 1 heterocycles. The van der Waals surface area contributed by atoms with Crippen LogP contribution in [0.4, 0.5) is 13.2 Å². The summed E-state index contributed by atoms with van der Waals surface area (Å²) in [4.78, 5) is 0. The molecule has 1 aromatic heterocycles. The number of hydrogen-bond donors (Lipinski definition) is 1. The van der Waals surface area contributed by atoms with Crippen molar-refractivity contribution in [1.82, 2.24) is 9.78 Å². The fourth-order valence-electron chi connectivity index (χ4n) is 2.58. The van der Waals surface area contributed by atoms with Gasteiger partial charge in [0.2, 0.25) is 0 Å². The third kappa shape index (κ3) is 1.03. The highest BCUT2D eigenvalue weighted by Crippen LogP contribution is 2.63. The van der Waals surface area contributed by atoms with Crippen LogP contribution in [0.15, 0.2) is 0 Å². The molecule has 2 aliphatic carbocycles. The zero-order valence-corrected chi connectivity index (χ0v) is 7.91. The van der Waals surface area contributed by atoms with Crippen LogP contribution >= 0.6 is 0 Å². The van der Waals surface area contributed by atoms with Crippen molar-refractivity contribution in [1.29, 1.82) is 0 Å². The van der Waals surface area contributed by atoms with Crippen molar-refractivity contribution in [3.8, 4) is 0 Å². The van der Waals surface area contributed by atoms with Crippen LogP contribution in [0, 0.1) is 5.92 Å². The van der Waals surface area contributed by atoms with Gasteiger partial charge in [-0.15, -0.1) is 0 Å². The first-order valence-electron chi connectivity index (χ1n) is 4.73. The van der Waals surface area contributed by atoms with Gasteiger partial charge in [-0.3, -0.25) is 4.68 Å². The number of aromatic nitrogens is 2. The maximum Gasteiger partial charge on any atom is 0.435 e. The van der Waals surface area contributed by atoms with Crippen LogP contribution in [0.2, 0.25) is 0 Å². The molecule has 0 bridgehead atoms. The van der Waals surface area contributed by atoms with Crippen LogP contribution in [0.1, 0.15) is 35.4 Å². The summed E-state index contributed by atoms with van der Waals surface area (Å²) in [5, 5.41) is 13.2. The van der Waals surface area contributed by atoms with E-state index in [0.29, 0.717) is 12.1 Å². The molecule has 15 heavy (non-hydrogen) atoms. The zero-order valence-electron chi connectivity index (χ0n) is 7.91. The lowest BCUT2D eigenvalue weighted by molar-refractivity contribution is -0.142. The van der Waals surface area contributed by atoms with Gasteiger partial charge >= 0.3 is 6.18 Å². The Morgan fingerprint density at radius 1 is 1.47 bits per heavy atom. The first-order chi connectivity index (χ1) is 6.91. The maximum absolute atomic E-state index is 12.6. The molecule has 1 fully saturated rings. The molecule has 3 rings (SSSR count). The number of fused-ring (bicyclic) bond motifs is 3. The van der Waals surface area contributed by atoms with Crippen molar-refractivity contribution < 1.29 is 18.3 Å². The summed E-state index contributed by atoms with van der Waals surface area (Å²) in [5.74, 6) is -0.134. The maximum atomic E-state index is 12.6. The summed E-state index contributed by atoms with van der Waals surface area (Å²) >= 11 is 0. The Labute approximate surface area is 83.5 Å². The number of hydrogen-bond acceptors (Lipinski definition) is 2. The van der Waals surface area contributed by atoms with Crippen LogP contribution in [0.3, 0.4) is 0 Å². The van der Waals surface area contributed by atoms with Crippen molar-refractivity contribution in [3.05, 3.63) is 17.0 Å². The SMILES string of the molecule is Cn1nc(C(F)(F)F)c2c1C(O)C1CC21. The van der Waals surface area contributed by atoms with Crippen LogP contribution in [0.25, 0.3) is 0 Å². The molecule has 3 atom stereocenters. The molecule has 1 saturated carbocycles. The van der Waals surface area contributed by atoms with Crippen LogP contribution in [-0.2, 0) is 13.2 Å². The molecule has 0 aliphatic heterocycles. The molecule has 0 spiro atoms. The standard InChI is InChI=1S/C9H9F3N2O/c1-14-6-5(3-2-4(3)7(6)15)8(13-14)9(10,11)12/h3-4,7,15H,2H2,1H3. The highest BCUT2D eigenvalue weighted by atomic mass is 19.4. The van der Waals surface area contributed by atoms with E-state index < -0.39 is 18.0 Å². The minimum atomic E-state index is -4.41. The highest BCUT2D eigenvalue weighted by Gasteiger charge is 2.57. The Balaban J connectivity index is 2.20. The van der Waals surface area contributed by atoms with Gasteiger partial charge in [-0.25, -0.2) is 0 Å². The Morgan fingerprint density at radius 3 is 2.73 bits per heavy atom. The minimum absolute atomic E-state index is 0.00898. The third-order valence-corrected chi connectivity index (χ3v) is 3.29. The van der Waals surface area contributed by atoms with Crippen molar-refractivity contribution in [2.45, 2.75) is 24.6 Å². The van der Waals surface area contributed by atoms with E-state index in [4.69, 9.17) is 0 Å². The quantitative estimate of drug-likeness (QED) is 0.718. The summed E-state index contributed by atoms with van der Waals surface area (Å²) in [7, 11) is 1.45. The molecule has 1 aromatic rings. The largest absolute Gasteiger partial charge is 0.435 e. The van der Waals surface area contributed by atoms with Gasteiger partial charge in [0.1, 0.15) is 0 Å². The van der Waals surface area contributed by atoms with E-state index in [1.165, 1.54) is 7.05 Å². The van der Waals surface area contributed by atoms with E-state index in [9.17, 15) is 18.3 Å². The molecule has 3 unspecified atom stereocenters. The molecule has 82 valence electrons. The van der Waals surface area contributed by atoms with Gasteiger partial charge in [-0.1, -0.05) is 0 Å². The number of aliphatic hydroxyl groups excluding tert-OH is 1. The van der Waals surface area contributed by atoms with Crippen molar-refractivity contribution in [2.75, 3.05) is 0 Å². The summed E-state index contributed by atoms with van der Waals surface area (Å²) in [6.45, 7) is 0. The smallest absolute Gasteiger partial charge is 0.386 e. The summed E-state index contributed by atoms with van der Waals surface area (Å²) in [6, 6.07) is 0. The van der Waals surface area contributed by atoms with Gasteiger partial charge in [0.25, 0.3) is 0 Å². The van der Waals surface area contributed by atoms with Crippen molar-refractivity contribution in [3.63, 3.8) is 0 Å². The third-order valence-electron chi connectivity index (χ3n) is 3.29. The molecule has 0 amide bonds. The van der Waals surface area contributed by atoms with Gasteiger partial charge < -0.3 is 5.11 Å². The number of rotatable bonds is 0. The average molecular weight is 218 g/mol. The van der Waals surface area contributed by atoms with E-state index in [-0.39, 0.29) is 17.4 Å². The lowest BCUT2D eigenvalue weighted by Crippen LogP contribution is -2.09. The first-order valence-corrected chi connectivity index (χ1v) is 4.73. The fourth-order valence-corrected chi connectivity index (χ4v) is 2.58. The van der Waals surface area contributed by atoms with Gasteiger partial charge in [0.15, 0.2) is 5.69 Å². The summed E-state index contributed by atoms with van der Waals surface area (Å²) < 4.78 is 39.0. The van der Waals surface area contributed by atoms with Gasteiger partial charge in [0, 0.05) is 12.6 Å². The second-order valence-corrected chi connectivity index (χ2v) is 4.22. The molecule has 0 saturated heterocycles. The van der Waals surface area contributed by atoms with E-state index in [1.54, 1.807) is 0 Å². The number of nitrogens with zero attached hydrogens (tertiary/aromatic N) is 2. The Hall–Kier alpha value is -1.04. The van der Waals surface area contributed by atoms with Crippen LogP contribution in [-0.4, -0.2) is 14.9 Å². The minimum Gasteiger partial charge on any atom is -0.386 e. The molecule has 1 N–H and O–H groups in total. The highest BCUT2D eigenvalue weighted by molar-refractivity contribution is 5.44. The summed E-state index contributed by atoms with van der Waals surface area (Å²) in [6.07, 6.45) is -4.52. The lowest BCUT2D eigenvalue weighted by atomic mass is 10.1. The van der Waals surface area contributed by atoms with Crippen LogP contribution < -0.4 is 0 Å². The second-order valence-electron chi connectivity index (χ2n) is 4.22. The summed E-state index contributed by atoms with van der Waals surface area (Å²) in [5.41, 5.74) is -0.241. The van der Waals surface area contributed by atoms with Crippen LogP contribution in [0.5, 0.6) is 0 Å². The van der Waals surface area contributed by atoms with Gasteiger partial charge in [-0.2, -0.15) is 18.3 Å². The number of aryl methyl sites for hydroxylation is 1. The van der Waals surface area contributed by atoms with E-state index in [1.807, 2.05) is 0 Å². The molecule has 2 aliphatic rings. The molecular weight excluding hydrogens is 209 g/mol. The van der Waals surface area contributed by atoms with Gasteiger partial charge in [-0.05, 0) is 18.3 Å².